The second-order valence-corrected chi connectivity index (χ2v) is 4.35. The van der Waals surface area contributed by atoms with Crippen molar-refractivity contribution >= 4 is 5.91 Å². The number of unbranched alkanes of at least 4 members (excludes halogenated alkanes) is 1. The minimum Gasteiger partial charge on any atom is -0.494 e. The second-order valence-electron chi connectivity index (χ2n) is 4.35. The molecule has 0 radical (unpaired) electrons. The Morgan fingerprint density at radius 3 is 2.71 bits per heavy atom. The Morgan fingerprint density at radius 1 is 1.18 bits per heavy atom. The predicted molar refractivity (Wildman–Crippen MR) is 67.0 cm³/mol. The number of ether oxygens (including phenoxy) is 1. The molecule has 0 spiro atoms. The third-order valence-electron chi connectivity index (χ3n) is 3.01. The number of hydrogen-bond acceptors (Lipinski definition) is 2. The molecule has 92 valence electrons. The van der Waals surface area contributed by atoms with E-state index >= 15 is 0 Å². The SMILES string of the molecule is O=C1CCCN1CCCCOc1ccccc1. The molecule has 2 rings (SSSR count). The number of para-hydroxylation sites is 1. The van der Waals surface area contributed by atoms with Gasteiger partial charge in [-0.25, -0.2) is 0 Å². The average molecular weight is 233 g/mol. The molecule has 17 heavy (non-hydrogen) atoms. The molecule has 0 aromatic heterocycles. The first-order valence-electron chi connectivity index (χ1n) is 6.32. The summed E-state index contributed by atoms with van der Waals surface area (Å²) < 4.78 is 5.59. The highest BCUT2D eigenvalue weighted by Gasteiger charge is 2.18. The molecule has 0 unspecified atom stereocenters. The molecule has 0 bridgehead atoms. The Morgan fingerprint density at radius 2 is 2.00 bits per heavy atom. The minimum absolute atomic E-state index is 0.314. The second kappa shape index (κ2) is 6.28. The summed E-state index contributed by atoms with van der Waals surface area (Å²) in [5.74, 6) is 1.23. The summed E-state index contributed by atoms with van der Waals surface area (Å²) in [7, 11) is 0. The Labute approximate surface area is 102 Å². The zero-order chi connectivity index (χ0) is 11.9. The van der Waals surface area contributed by atoms with Gasteiger partial charge in [0, 0.05) is 19.5 Å². The van der Waals surface area contributed by atoms with Crippen LogP contribution in [0.15, 0.2) is 30.3 Å². The van der Waals surface area contributed by atoms with Crippen molar-refractivity contribution < 1.29 is 9.53 Å². The lowest BCUT2D eigenvalue weighted by Crippen LogP contribution is -2.25. The zero-order valence-electron chi connectivity index (χ0n) is 10.1. The molecular formula is C14H19NO2. The first-order chi connectivity index (χ1) is 8.36. The fraction of sp³-hybridized carbons (Fsp3) is 0.500. The highest BCUT2D eigenvalue weighted by atomic mass is 16.5. The summed E-state index contributed by atoms with van der Waals surface area (Å²) in [4.78, 5) is 13.3. The summed E-state index contributed by atoms with van der Waals surface area (Å²) in [5, 5.41) is 0. The van der Waals surface area contributed by atoms with Crippen LogP contribution in [0.25, 0.3) is 0 Å². The molecule has 0 atom stereocenters. The Bertz CT molecular complexity index is 350. The summed E-state index contributed by atoms with van der Waals surface area (Å²) in [6.45, 7) is 2.56. The number of rotatable bonds is 6. The molecule has 1 aliphatic rings. The van der Waals surface area contributed by atoms with Gasteiger partial charge in [-0.15, -0.1) is 0 Å². The van der Waals surface area contributed by atoms with Crippen LogP contribution in [0.4, 0.5) is 0 Å². The quantitative estimate of drug-likeness (QED) is 0.706. The molecule has 1 saturated heterocycles. The van der Waals surface area contributed by atoms with E-state index in [1.54, 1.807) is 0 Å². The van der Waals surface area contributed by atoms with Gasteiger partial charge in [0.25, 0.3) is 0 Å². The van der Waals surface area contributed by atoms with Crippen LogP contribution in [0, 0.1) is 0 Å². The van der Waals surface area contributed by atoms with Crippen LogP contribution < -0.4 is 4.74 Å². The van der Waals surface area contributed by atoms with Gasteiger partial charge in [0.15, 0.2) is 0 Å². The molecular weight excluding hydrogens is 214 g/mol. The third-order valence-corrected chi connectivity index (χ3v) is 3.01. The van der Waals surface area contributed by atoms with Crippen molar-refractivity contribution in [1.82, 2.24) is 4.90 Å². The van der Waals surface area contributed by atoms with Crippen molar-refractivity contribution in [2.24, 2.45) is 0 Å². The van der Waals surface area contributed by atoms with Crippen molar-refractivity contribution in [2.75, 3.05) is 19.7 Å². The number of nitrogens with zero attached hydrogens (tertiary/aromatic N) is 1. The molecule has 0 aliphatic carbocycles. The van der Waals surface area contributed by atoms with Crippen LogP contribution in [0.3, 0.4) is 0 Å². The van der Waals surface area contributed by atoms with E-state index in [1.165, 1.54) is 0 Å². The molecule has 1 aliphatic heterocycles. The molecule has 1 aromatic carbocycles. The summed E-state index contributed by atoms with van der Waals surface area (Å²) >= 11 is 0. The molecule has 1 fully saturated rings. The fourth-order valence-electron chi connectivity index (χ4n) is 2.05. The van der Waals surface area contributed by atoms with E-state index in [0.29, 0.717) is 5.91 Å². The van der Waals surface area contributed by atoms with Crippen molar-refractivity contribution in [1.29, 1.82) is 0 Å². The van der Waals surface area contributed by atoms with E-state index in [-0.39, 0.29) is 0 Å². The lowest BCUT2D eigenvalue weighted by molar-refractivity contribution is -0.127. The van der Waals surface area contributed by atoms with Gasteiger partial charge >= 0.3 is 0 Å². The van der Waals surface area contributed by atoms with Crippen molar-refractivity contribution in [2.45, 2.75) is 25.7 Å². The van der Waals surface area contributed by atoms with Gasteiger partial charge < -0.3 is 9.64 Å². The van der Waals surface area contributed by atoms with Crippen LogP contribution in [0.5, 0.6) is 5.75 Å². The largest absolute Gasteiger partial charge is 0.494 e. The maximum atomic E-state index is 11.4. The number of hydrogen-bond donors (Lipinski definition) is 0. The molecule has 1 heterocycles. The maximum absolute atomic E-state index is 11.4. The first-order valence-corrected chi connectivity index (χ1v) is 6.32. The third kappa shape index (κ3) is 3.77. The Kier molecular flexibility index (Phi) is 4.42. The molecule has 0 saturated carbocycles. The van der Waals surface area contributed by atoms with E-state index in [1.807, 2.05) is 35.2 Å². The van der Waals surface area contributed by atoms with Gasteiger partial charge in [-0.1, -0.05) is 18.2 Å². The van der Waals surface area contributed by atoms with Gasteiger partial charge in [0.05, 0.1) is 6.61 Å². The molecule has 1 amide bonds. The summed E-state index contributed by atoms with van der Waals surface area (Å²) in [6, 6.07) is 9.84. The van der Waals surface area contributed by atoms with Gasteiger partial charge in [0.2, 0.25) is 5.91 Å². The predicted octanol–water partition coefficient (Wildman–Crippen LogP) is 2.47. The van der Waals surface area contributed by atoms with Crippen molar-refractivity contribution in [3.63, 3.8) is 0 Å². The van der Waals surface area contributed by atoms with Crippen molar-refractivity contribution in [3.05, 3.63) is 30.3 Å². The molecule has 3 heteroatoms. The topological polar surface area (TPSA) is 29.5 Å². The van der Waals surface area contributed by atoms with E-state index in [4.69, 9.17) is 4.74 Å². The van der Waals surface area contributed by atoms with E-state index in [9.17, 15) is 4.79 Å². The Hall–Kier alpha value is -1.51. The molecule has 1 aromatic rings. The van der Waals surface area contributed by atoms with Gasteiger partial charge in [0.1, 0.15) is 5.75 Å². The normalized spacial score (nSPS) is 15.3. The van der Waals surface area contributed by atoms with E-state index in [2.05, 4.69) is 0 Å². The van der Waals surface area contributed by atoms with Crippen LogP contribution in [0.2, 0.25) is 0 Å². The lowest BCUT2D eigenvalue weighted by Gasteiger charge is -2.15. The number of carbonyl (C=O) groups is 1. The average Bonchev–Trinajstić information content (AvgIpc) is 2.76. The summed E-state index contributed by atoms with van der Waals surface area (Å²) in [5.41, 5.74) is 0. The van der Waals surface area contributed by atoms with E-state index < -0.39 is 0 Å². The highest BCUT2D eigenvalue weighted by Crippen LogP contribution is 2.11. The number of benzene rings is 1. The zero-order valence-corrected chi connectivity index (χ0v) is 10.1. The van der Waals surface area contributed by atoms with Crippen LogP contribution in [-0.2, 0) is 4.79 Å². The minimum atomic E-state index is 0.314. The lowest BCUT2D eigenvalue weighted by atomic mass is 10.3. The van der Waals surface area contributed by atoms with Crippen LogP contribution >= 0.6 is 0 Å². The monoisotopic (exact) mass is 233 g/mol. The standard InChI is InChI=1S/C14H19NO2/c16-14-9-6-11-15(14)10-4-5-12-17-13-7-2-1-3-8-13/h1-3,7-8H,4-6,9-12H2. The summed E-state index contributed by atoms with van der Waals surface area (Å²) in [6.07, 6.45) is 3.79. The Balaban J connectivity index is 1.56. The van der Waals surface area contributed by atoms with Gasteiger partial charge in [-0.2, -0.15) is 0 Å². The number of carbonyl (C=O) groups excluding carboxylic acids is 1. The van der Waals surface area contributed by atoms with Crippen molar-refractivity contribution in [3.8, 4) is 5.75 Å². The van der Waals surface area contributed by atoms with E-state index in [0.717, 1.165) is 51.1 Å². The van der Waals surface area contributed by atoms with Crippen LogP contribution in [-0.4, -0.2) is 30.5 Å². The fourth-order valence-corrected chi connectivity index (χ4v) is 2.05. The number of likely N-dealkylation sites (tertiary alicyclic amines) is 1. The van der Waals surface area contributed by atoms with Crippen LogP contribution in [0.1, 0.15) is 25.7 Å². The number of amides is 1. The highest BCUT2D eigenvalue weighted by molar-refractivity contribution is 5.77. The van der Waals surface area contributed by atoms with Gasteiger partial charge in [-0.05, 0) is 31.4 Å². The van der Waals surface area contributed by atoms with Gasteiger partial charge in [-0.3, -0.25) is 4.79 Å². The molecule has 3 nitrogen and oxygen atoms in total. The molecule has 0 N–H and O–H groups in total. The smallest absolute Gasteiger partial charge is 0.222 e. The maximum Gasteiger partial charge on any atom is 0.222 e. The first kappa shape index (κ1) is 12.0.